The molecule has 0 spiro atoms. The zero-order valence-electron chi connectivity index (χ0n) is 17.2. The maximum absolute atomic E-state index is 12.5. The molecule has 1 aliphatic carbocycles. The minimum absolute atomic E-state index is 0.0101. The number of sulfonamides is 1. The van der Waals surface area contributed by atoms with Crippen molar-refractivity contribution >= 4 is 33.4 Å². The number of rotatable bonds is 8. The van der Waals surface area contributed by atoms with E-state index in [2.05, 4.69) is 5.32 Å². The molecule has 1 aromatic carbocycles. The molecule has 0 radical (unpaired) electrons. The monoisotopic (exact) mass is 433 g/mol. The highest BCUT2D eigenvalue weighted by Crippen LogP contribution is 2.35. The summed E-state index contributed by atoms with van der Waals surface area (Å²) < 4.78 is 26.4. The number of carbonyl (C=O) groups excluding carboxylic acids is 3. The molecule has 1 saturated heterocycles. The molecule has 1 fully saturated rings. The Morgan fingerprint density at radius 2 is 1.57 bits per heavy atom. The first-order valence-corrected chi connectivity index (χ1v) is 11.6. The maximum Gasteiger partial charge on any atom is 0.243 e. The molecular weight excluding hydrogens is 406 g/mol. The number of anilines is 1. The van der Waals surface area contributed by atoms with Crippen molar-refractivity contribution in [2.45, 2.75) is 38.0 Å². The van der Waals surface area contributed by atoms with E-state index in [1.54, 1.807) is 13.8 Å². The number of nitrogens with zero attached hydrogens (tertiary/aromatic N) is 2. The van der Waals surface area contributed by atoms with Crippen LogP contribution in [0.1, 0.15) is 33.1 Å². The van der Waals surface area contributed by atoms with E-state index in [-0.39, 0.29) is 47.4 Å². The lowest BCUT2D eigenvalue weighted by atomic mass is 9.85. The molecule has 162 valence electrons. The van der Waals surface area contributed by atoms with Crippen LogP contribution in [0, 0.1) is 11.8 Å². The molecule has 3 amide bonds. The van der Waals surface area contributed by atoms with Crippen LogP contribution in [0.2, 0.25) is 0 Å². The van der Waals surface area contributed by atoms with Gasteiger partial charge in [0.05, 0.1) is 16.7 Å². The van der Waals surface area contributed by atoms with Gasteiger partial charge in [0.2, 0.25) is 27.7 Å². The SMILES string of the molecule is CCN(CC)S(=O)(=O)c1ccc(NC(=O)CCN2C(=O)[C@@H]3CC=CC[C@H]3C2=O)cc1. The second-order valence-corrected chi connectivity index (χ2v) is 9.33. The number of allylic oxidation sites excluding steroid dienone is 2. The standard InChI is InChI=1S/C21H27N3O5S/c1-3-23(4-2)30(28,29)16-11-9-15(10-12-16)22-19(25)13-14-24-20(26)17-7-5-6-8-18(17)21(24)27/h5-6,9-12,17-18H,3-4,7-8,13-14H2,1-2H3,(H,22,25)/t17-,18-/m1/s1. The summed E-state index contributed by atoms with van der Waals surface area (Å²) in [4.78, 5) is 38.5. The number of amides is 3. The Kier molecular flexibility index (Phi) is 6.72. The predicted molar refractivity (Wildman–Crippen MR) is 112 cm³/mol. The molecule has 0 unspecified atom stereocenters. The van der Waals surface area contributed by atoms with E-state index in [1.165, 1.54) is 33.5 Å². The van der Waals surface area contributed by atoms with E-state index >= 15 is 0 Å². The van der Waals surface area contributed by atoms with Crippen LogP contribution in [0.25, 0.3) is 0 Å². The number of hydrogen-bond donors (Lipinski definition) is 1. The average molecular weight is 434 g/mol. The lowest BCUT2D eigenvalue weighted by Crippen LogP contribution is -2.34. The van der Waals surface area contributed by atoms with E-state index in [0.717, 1.165) is 0 Å². The fraction of sp³-hybridized carbons (Fsp3) is 0.476. The van der Waals surface area contributed by atoms with Crippen molar-refractivity contribution in [1.82, 2.24) is 9.21 Å². The first kappa shape index (κ1) is 22.2. The highest BCUT2D eigenvalue weighted by atomic mass is 32.2. The lowest BCUT2D eigenvalue weighted by Gasteiger charge is -2.18. The summed E-state index contributed by atoms with van der Waals surface area (Å²) in [5.41, 5.74) is 0.454. The minimum Gasteiger partial charge on any atom is -0.326 e. The van der Waals surface area contributed by atoms with Gasteiger partial charge in [0.1, 0.15) is 0 Å². The zero-order chi connectivity index (χ0) is 21.9. The van der Waals surface area contributed by atoms with Crippen molar-refractivity contribution in [2.24, 2.45) is 11.8 Å². The first-order chi connectivity index (χ1) is 14.3. The summed E-state index contributed by atoms with van der Waals surface area (Å²) in [6.07, 6.45) is 4.98. The number of benzene rings is 1. The number of hydrogen-bond acceptors (Lipinski definition) is 5. The van der Waals surface area contributed by atoms with Crippen molar-refractivity contribution in [1.29, 1.82) is 0 Å². The number of carbonyl (C=O) groups is 3. The van der Waals surface area contributed by atoms with Crippen molar-refractivity contribution in [3.05, 3.63) is 36.4 Å². The molecule has 2 aliphatic rings. The molecular formula is C21H27N3O5S. The quantitative estimate of drug-likeness (QED) is 0.499. The Balaban J connectivity index is 1.57. The highest BCUT2D eigenvalue weighted by molar-refractivity contribution is 7.89. The Bertz CT molecular complexity index is 925. The van der Waals surface area contributed by atoms with Crippen molar-refractivity contribution < 1.29 is 22.8 Å². The Morgan fingerprint density at radius 1 is 1.03 bits per heavy atom. The van der Waals surface area contributed by atoms with Crippen LogP contribution in [-0.2, 0) is 24.4 Å². The molecule has 0 bridgehead atoms. The molecule has 1 heterocycles. The van der Waals surface area contributed by atoms with Gasteiger partial charge >= 0.3 is 0 Å². The van der Waals surface area contributed by atoms with E-state index in [1.807, 2.05) is 12.2 Å². The topological polar surface area (TPSA) is 104 Å². The van der Waals surface area contributed by atoms with Gasteiger partial charge < -0.3 is 5.32 Å². The normalized spacial score (nSPS) is 21.2. The summed E-state index contributed by atoms with van der Waals surface area (Å²) in [5, 5.41) is 2.69. The molecule has 8 nitrogen and oxygen atoms in total. The summed E-state index contributed by atoms with van der Waals surface area (Å²) in [5.74, 6) is -1.35. The molecule has 1 N–H and O–H groups in total. The van der Waals surface area contributed by atoms with Crippen LogP contribution in [-0.4, -0.2) is 55.0 Å². The van der Waals surface area contributed by atoms with Crippen LogP contribution in [0.5, 0.6) is 0 Å². The highest BCUT2D eigenvalue weighted by Gasteiger charge is 2.46. The van der Waals surface area contributed by atoms with Crippen molar-refractivity contribution in [3.8, 4) is 0 Å². The summed E-state index contributed by atoms with van der Waals surface area (Å²) in [6, 6.07) is 5.96. The van der Waals surface area contributed by atoms with Crippen LogP contribution < -0.4 is 5.32 Å². The summed E-state index contributed by atoms with van der Waals surface area (Å²) in [6.45, 7) is 4.35. The van der Waals surface area contributed by atoms with Gasteiger partial charge in [-0.05, 0) is 37.1 Å². The number of likely N-dealkylation sites (tertiary alicyclic amines) is 1. The zero-order valence-corrected chi connectivity index (χ0v) is 18.0. The van der Waals surface area contributed by atoms with Gasteiger partial charge in [-0.15, -0.1) is 0 Å². The fourth-order valence-electron chi connectivity index (χ4n) is 3.95. The Labute approximate surface area is 177 Å². The van der Waals surface area contributed by atoms with E-state index in [9.17, 15) is 22.8 Å². The number of fused-ring (bicyclic) bond motifs is 1. The average Bonchev–Trinajstić information content (AvgIpc) is 2.98. The van der Waals surface area contributed by atoms with Gasteiger partial charge in [-0.1, -0.05) is 26.0 Å². The van der Waals surface area contributed by atoms with Gasteiger partial charge in [-0.25, -0.2) is 8.42 Å². The van der Waals surface area contributed by atoms with Crippen LogP contribution >= 0.6 is 0 Å². The third kappa shape index (κ3) is 4.32. The molecule has 1 aliphatic heterocycles. The van der Waals surface area contributed by atoms with Gasteiger partial charge in [-0.2, -0.15) is 4.31 Å². The molecule has 9 heteroatoms. The maximum atomic E-state index is 12.5. The largest absolute Gasteiger partial charge is 0.326 e. The lowest BCUT2D eigenvalue weighted by molar-refractivity contribution is -0.140. The van der Waals surface area contributed by atoms with Crippen LogP contribution in [0.3, 0.4) is 0 Å². The molecule has 0 saturated carbocycles. The van der Waals surface area contributed by atoms with E-state index in [0.29, 0.717) is 31.6 Å². The minimum atomic E-state index is -3.56. The van der Waals surface area contributed by atoms with Gasteiger partial charge in [0, 0.05) is 31.7 Å². The van der Waals surface area contributed by atoms with Gasteiger partial charge in [0.15, 0.2) is 0 Å². The summed E-state index contributed by atoms with van der Waals surface area (Å²) >= 11 is 0. The van der Waals surface area contributed by atoms with Crippen molar-refractivity contribution in [3.63, 3.8) is 0 Å². The molecule has 3 rings (SSSR count). The van der Waals surface area contributed by atoms with Crippen LogP contribution in [0.4, 0.5) is 5.69 Å². The van der Waals surface area contributed by atoms with Crippen LogP contribution in [0.15, 0.2) is 41.3 Å². The molecule has 0 aromatic heterocycles. The third-order valence-corrected chi connectivity index (χ3v) is 7.71. The Morgan fingerprint density at radius 3 is 2.07 bits per heavy atom. The smallest absolute Gasteiger partial charge is 0.243 e. The van der Waals surface area contributed by atoms with Crippen molar-refractivity contribution in [2.75, 3.05) is 25.0 Å². The fourth-order valence-corrected chi connectivity index (χ4v) is 5.41. The second-order valence-electron chi connectivity index (χ2n) is 7.40. The van der Waals surface area contributed by atoms with E-state index < -0.39 is 10.0 Å². The second kappa shape index (κ2) is 9.09. The molecule has 2 atom stereocenters. The number of imide groups is 1. The third-order valence-electron chi connectivity index (χ3n) is 5.64. The number of nitrogens with one attached hydrogen (secondary N) is 1. The first-order valence-electron chi connectivity index (χ1n) is 10.2. The van der Waals surface area contributed by atoms with E-state index in [4.69, 9.17) is 0 Å². The van der Waals surface area contributed by atoms with Gasteiger partial charge in [0.25, 0.3) is 0 Å². The van der Waals surface area contributed by atoms with Gasteiger partial charge in [-0.3, -0.25) is 19.3 Å². The predicted octanol–water partition coefficient (Wildman–Crippen LogP) is 2.00. The Hall–Kier alpha value is -2.52. The molecule has 1 aromatic rings. The summed E-state index contributed by atoms with van der Waals surface area (Å²) in [7, 11) is -3.56. The molecule has 30 heavy (non-hydrogen) atoms.